The first-order valence-corrected chi connectivity index (χ1v) is 8.80. The molecule has 1 aromatic carbocycles. The van der Waals surface area contributed by atoms with E-state index in [4.69, 9.17) is 5.11 Å². The van der Waals surface area contributed by atoms with Gasteiger partial charge in [0.05, 0.1) is 6.20 Å². The molecule has 26 heavy (non-hydrogen) atoms. The highest BCUT2D eigenvalue weighted by Gasteiger charge is 2.23. The number of carbonyl (C=O) groups is 1. The predicted octanol–water partition coefficient (Wildman–Crippen LogP) is 3.87. The third kappa shape index (κ3) is 2.94. The number of fused-ring (bicyclic) bond motifs is 1. The minimum atomic E-state index is -0.836. The number of carboxylic acid groups (broad SMARTS) is 1. The number of benzene rings is 1. The van der Waals surface area contributed by atoms with E-state index in [0.29, 0.717) is 19.0 Å². The van der Waals surface area contributed by atoms with Crippen LogP contribution in [0.25, 0.3) is 22.0 Å². The molecule has 0 bridgehead atoms. The Balaban J connectivity index is 1.54. The molecular formula is C19H21FN4O2. The van der Waals surface area contributed by atoms with Crippen LogP contribution in [0.5, 0.6) is 0 Å². The van der Waals surface area contributed by atoms with Crippen molar-refractivity contribution in [1.82, 2.24) is 19.7 Å². The minimum absolute atomic E-state index is 0.258. The van der Waals surface area contributed by atoms with Gasteiger partial charge in [0.2, 0.25) is 0 Å². The van der Waals surface area contributed by atoms with Crippen LogP contribution in [-0.4, -0.2) is 44.0 Å². The smallest absolute Gasteiger partial charge is 0.407 e. The highest BCUT2D eigenvalue weighted by atomic mass is 19.1. The second-order valence-electron chi connectivity index (χ2n) is 6.93. The van der Waals surface area contributed by atoms with Crippen molar-refractivity contribution >= 4 is 17.0 Å². The van der Waals surface area contributed by atoms with Crippen LogP contribution < -0.4 is 0 Å². The molecule has 1 amide bonds. The van der Waals surface area contributed by atoms with E-state index >= 15 is 0 Å². The molecule has 6 nitrogen and oxygen atoms in total. The molecule has 3 aromatic rings. The fraction of sp³-hybridized carbons (Fsp3) is 0.368. The van der Waals surface area contributed by atoms with Gasteiger partial charge >= 0.3 is 6.09 Å². The second-order valence-corrected chi connectivity index (χ2v) is 6.93. The summed E-state index contributed by atoms with van der Waals surface area (Å²) in [5.74, 6) is 0.167. The Morgan fingerprint density at radius 2 is 2.12 bits per heavy atom. The quantitative estimate of drug-likeness (QED) is 0.748. The van der Waals surface area contributed by atoms with Gasteiger partial charge < -0.3 is 15.0 Å². The molecule has 0 aliphatic carbocycles. The number of rotatable bonds is 3. The third-order valence-corrected chi connectivity index (χ3v) is 5.35. The van der Waals surface area contributed by atoms with Gasteiger partial charge in [0.15, 0.2) is 0 Å². The number of hydrogen-bond donors (Lipinski definition) is 2. The van der Waals surface area contributed by atoms with Crippen LogP contribution in [0, 0.1) is 18.7 Å². The van der Waals surface area contributed by atoms with E-state index < -0.39 is 6.09 Å². The normalized spacial score (nSPS) is 15.7. The Morgan fingerprint density at radius 1 is 1.35 bits per heavy atom. The van der Waals surface area contributed by atoms with Crippen LogP contribution in [0.2, 0.25) is 0 Å². The van der Waals surface area contributed by atoms with Crippen LogP contribution in [0.15, 0.2) is 30.6 Å². The summed E-state index contributed by atoms with van der Waals surface area (Å²) in [5.41, 5.74) is 3.89. The molecule has 4 rings (SSSR count). The summed E-state index contributed by atoms with van der Waals surface area (Å²) in [5, 5.41) is 14.6. The number of nitrogens with zero attached hydrogens (tertiary/aromatic N) is 3. The number of amides is 1. The number of aromatic amines is 1. The zero-order chi connectivity index (χ0) is 18.3. The van der Waals surface area contributed by atoms with Gasteiger partial charge in [-0.2, -0.15) is 5.10 Å². The molecule has 0 radical (unpaired) electrons. The van der Waals surface area contributed by atoms with Crippen LogP contribution >= 0.6 is 0 Å². The van der Waals surface area contributed by atoms with Crippen molar-refractivity contribution in [2.75, 3.05) is 13.1 Å². The van der Waals surface area contributed by atoms with Gasteiger partial charge in [0.25, 0.3) is 0 Å². The number of H-pyrrole nitrogens is 1. The molecule has 136 valence electrons. The topological polar surface area (TPSA) is 74.2 Å². The third-order valence-electron chi connectivity index (χ3n) is 5.35. The SMILES string of the molecule is Cc1c(-c2c[nH]c3cc(F)ccc23)cnn1CC1CCN(C(=O)O)CC1. The van der Waals surface area contributed by atoms with E-state index in [-0.39, 0.29) is 5.82 Å². The highest BCUT2D eigenvalue weighted by Crippen LogP contribution is 2.31. The van der Waals surface area contributed by atoms with E-state index in [9.17, 15) is 9.18 Å². The highest BCUT2D eigenvalue weighted by molar-refractivity contribution is 5.95. The van der Waals surface area contributed by atoms with Gasteiger partial charge in [-0.1, -0.05) is 0 Å². The molecule has 0 atom stereocenters. The van der Waals surface area contributed by atoms with E-state index in [1.165, 1.54) is 17.0 Å². The molecule has 0 saturated carbocycles. The van der Waals surface area contributed by atoms with E-state index in [0.717, 1.165) is 47.1 Å². The Hall–Kier alpha value is -2.83. The molecule has 1 aliphatic heterocycles. The fourth-order valence-corrected chi connectivity index (χ4v) is 3.77. The van der Waals surface area contributed by atoms with Crippen molar-refractivity contribution in [1.29, 1.82) is 0 Å². The molecule has 0 spiro atoms. The van der Waals surface area contributed by atoms with Gasteiger partial charge in [-0.25, -0.2) is 9.18 Å². The van der Waals surface area contributed by atoms with Crippen molar-refractivity contribution in [2.24, 2.45) is 5.92 Å². The lowest BCUT2D eigenvalue weighted by Crippen LogP contribution is -2.38. The Labute approximate surface area is 150 Å². The minimum Gasteiger partial charge on any atom is -0.465 e. The Bertz CT molecular complexity index is 954. The average molecular weight is 356 g/mol. The Kier molecular flexibility index (Phi) is 4.14. The van der Waals surface area contributed by atoms with Crippen molar-refractivity contribution in [3.63, 3.8) is 0 Å². The van der Waals surface area contributed by atoms with Crippen molar-refractivity contribution < 1.29 is 14.3 Å². The lowest BCUT2D eigenvalue weighted by molar-refractivity contribution is 0.121. The van der Waals surface area contributed by atoms with Crippen LogP contribution in [-0.2, 0) is 6.54 Å². The number of piperidine rings is 1. The second kappa shape index (κ2) is 6.48. The van der Waals surface area contributed by atoms with Crippen LogP contribution in [0.3, 0.4) is 0 Å². The fourth-order valence-electron chi connectivity index (χ4n) is 3.77. The molecule has 1 fully saturated rings. The van der Waals surface area contributed by atoms with Crippen LogP contribution in [0.4, 0.5) is 9.18 Å². The molecule has 1 saturated heterocycles. The summed E-state index contributed by atoms with van der Waals surface area (Å²) >= 11 is 0. The first kappa shape index (κ1) is 16.6. The maximum absolute atomic E-state index is 13.4. The van der Waals surface area contributed by atoms with Gasteiger partial charge in [-0.05, 0) is 43.9 Å². The largest absolute Gasteiger partial charge is 0.465 e. The first-order chi connectivity index (χ1) is 12.5. The van der Waals surface area contributed by atoms with Crippen LogP contribution in [0.1, 0.15) is 18.5 Å². The monoisotopic (exact) mass is 356 g/mol. The molecule has 2 N–H and O–H groups in total. The number of hydrogen-bond acceptors (Lipinski definition) is 2. The summed E-state index contributed by atoms with van der Waals surface area (Å²) in [6, 6.07) is 4.75. The van der Waals surface area contributed by atoms with Crippen molar-refractivity contribution in [3.8, 4) is 11.1 Å². The number of halogens is 1. The lowest BCUT2D eigenvalue weighted by atomic mass is 9.97. The van der Waals surface area contributed by atoms with E-state index in [1.807, 2.05) is 24.0 Å². The number of aromatic nitrogens is 3. The number of nitrogens with one attached hydrogen (secondary N) is 1. The zero-order valence-electron chi connectivity index (χ0n) is 14.6. The predicted molar refractivity (Wildman–Crippen MR) is 96.5 cm³/mol. The standard InChI is InChI=1S/C19H21FN4O2/c1-12-16(17-9-21-18-8-14(20)2-3-15(17)18)10-22-24(12)11-13-4-6-23(7-5-13)19(25)26/h2-3,8-10,13,21H,4-7,11H2,1H3,(H,25,26). The van der Waals surface area contributed by atoms with E-state index in [2.05, 4.69) is 10.1 Å². The average Bonchev–Trinajstić information content (AvgIpc) is 3.19. The summed E-state index contributed by atoms with van der Waals surface area (Å²) < 4.78 is 15.4. The molecule has 0 unspecified atom stereocenters. The Morgan fingerprint density at radius 3 is 2.85 bits per heavy atom. The lowest BCUT2D eigenvalue weighted by Gasteiger charge is -2.30. The first-order valence-electron chi connectivity index (χ1n) is 8.80. The molecule has 1 aliphatic rings. The maximum atomic E-state index is 13.4. The molecule has 7 heteroatoms. The number of likely N-dealkylation sites (tertiary alicyclic amines) is 1. The van der Waals surface area contributed by atoms with Gasteiger partial charge in [0, 0.05) is 53.6 Å². The van der Waals surface area contributed by atoms with Crippen molar-refractivity contribution in [2.45, 2.75) is 26.3 Å². The molecule has 2 aromatic heterocycles. The van der Waals surface area contributed by atoms with Gasteiger partial charge in [-0.3, -0.25) is 4.68 Å². The summed E-state index contributed by atoms with van der Waals surface area (Å²) in [6.45, 7) is 4.00. The molecule has 3 heterocycles. The zero-order valence-corrected chi connectivity index (χ0v) is 14.6. The van der Waals surface area contributed by atoms with E-state index in [1.54, 1.807) is 6.07 Å². The van der Waals surface area contributed by atoms with Gasteiger partial charge in [-0.15, -0.1) is 0 Å². The summed E-state index contributed by atoms with van der Waals surface area (Å²) in [6.07, 6.45) is 4.62. The summed E-state index contributed by atoms with van der Waals surface area (Å²) in [4.78, 5) is 15.6. The maximum Gasteiger partial charge on any atom is 0.407 e. The summed E-state index contributed by atoms with van der Waals surface area (Å²) in [7, 11) is 0. The molecular weight excluding hydrogens is 335 g/mol. The van der Waals surface area contributed by atoms with Gasteiger partial charge in [0.1, 0.15) is 5.82 Å². The van der Waals surface area contributed by atoms with Crippen molar-refractivity contribution in [3.05, 3.63) is 42.1 Å².